The zero-order valence-corrected chi connectivity index (χ0v) is 10.3. The standard InChI is InChI=1S/C8H12N6O3S/c1-10-7(15)5-6(12-3-11-5)13-14-18-2-4(9)8(16)17/h3-4H,2,9H2,1H3,(H,10,15)(H,11,12)(H,16,17)/b14-13+. The van der Waals surface area contributed by atoms with Gasteiger partial charge < -0.3 is 21.1 Å². The van der Waals surface area contributed by atoms with Gasteiger partial charge in [-0.3, -0.25) is 9.59 Å². The van der Waals surface area contributed by atoms with Crippen molar-refractivity contribution in [1.82, 2.24) is 15.3 Å². The number of hydrogen-bond acceptors (Lipinski definition) is 7. The zero-order chi connectivity index (χ0) is 13.5. The number of aromatic nitrogens is 2. The van der Waals surface area contributed by atoms with E-state index in [0.29, 0.717) is 0 Å². The first kappa shape index (κ1) is 14.1. The van der Waals surface area contributed by atoms with Gasteiger partial charge in [0.05, 0.1) is 6.33 Å². The molecule has 1 heterocycles. The molecule has 1 unspecified atom stereocenters. The Morgan fingerprint density at radius 3 is 3.06 bits per heavy atom. The van der Waals surface area contributed by atoms with Crippen LogP contribution in [0.15, 0.2) is 16.0 Å². The summed E-state index contributed by atoms with van der Waals surface area (Å²) in [5, 5.41) is 14.7. The minimum Gasteiger partial charge on any atom is -0.480 e. The monoisotopic (exact) mass is 272 g/mol. The fraction of sp³-hybridized carbons (Fsp3) is 0.375. The average molecular weight is 272 g/mol. The Hall–Kier alpha value is -1.94. The van der Waals surface area contributed by atoms with E-state index in [0.717, 1.165) is 11.9 Å². The molecule has 9 nitrogen and oxygen atoms in total. The molecule has 1 aromatic heterocycles. The summed E-state index contributed by atoms with van der Waals surface area (Å²) in [6.45, 7) is 0. The maximum atomic E-state index is 11.3. The van der Waals surface area contributed by atoms with E-state index < -0.39 is 12.0 Å². The molecule has 98 valence electrons. The number of amides is 1. The third-order valence-electron chi connectivity index (χ3n) is 1.84. The summed E-state index contributed by atoms with van der Waals surface area (Å²) in [5.41, 5.74) is 5.45. The SMILES string of the molecule is CNC(=O)c1[nH]cnc1/N=N/SCC(N)C(=O)O. The van der Waals surface area contributed by atoms with Crippen LogP contribution in [0.3, 0.4) is 0 Å². The molecule has 18 heavy (non-hydrogen) atoms. The number of imidazole rings is 1. The predicted molar refractivity (Wildman–Crippen MR) is 64.6 cm³/mol. The van der Waals surface area contributed by atoms with Crippen LogP contribution < -0.4 is 11.1 Å². The molecule has 0 spiro atoms. The van der Waals surface area contributed by atoms with Gasteiger partial charge in [0.1, 0.15) is 6.04 Å². The van der Waals surface area contributed by atoms with Crippen molar-refractivity contribution in [2.45, 2.75) is 6.04 Å². The van der Waals surface area contributed by atoms with Crippen LogP contribution in [0.25, 0.3) is 0 Å². The number of nitrogens with two attached hydrogens (primary N) is 1. The maximum absolute atomic E-state index is 11.3. The average Bonchev–Trinajstić information content (AvgIpc) is 2.81. The fourth-order valence-corrected chi connectivity index (χ4v) is 1.41. The molecule has 0 aliphatic carbocycles. The van der Waals surface area contributed by atoms with Crippen LogP contribution in [0.2, 0.25) is 0 Å². The van der Waals surface area contributed by atoms with Gasteiger partial charge in [-0.25, -0.2) is 4.98 Å². The number of aliphatic carboxylic acids is 1. The van der Waals surface area contributed by atoms with Crippen molar-refractivity contribution in [3.63, 3.8) is 0 Å². The van der Waals surface area contributed by atoms with E-state index in [-0.39, 0.29) is 23.2 Å². The minimum atomic E-state index is -1.11. The van der Waals surface area contributed by atoms with Gasteiger partial charge in [0, 0.05) is 12.8 Å². The number of carbonyl (C=O) groups excluding carboxylic acids is 1. The Balaban J connectivity index is 2.55. The van der Waals surface area contributed by atoms with E-state index in [9.17, 15) is 9.59 Å². The normalized spacial score (nSPS) is 12.6. The van der Waals surface area contributed by atoms with E-state index in [1.807, 2.05) is 0 Å². The molecule has 10 heteroatoms. The van der Waals surface area contributed by atoms with Gasteiger partial charge in [0.2, 0.25) is 5.82 Å². The molecular formula is C8H12N6O3S. The van der Waals surface area contributed by atoms with Gasteiger partial charge in [-0.05, 0) is 11.9 Å². The van der Waals surface area contributed by atoms with E-state index in [4.69, 9.17) is 10.8 Å². The van der Waals surface area contributed by atoms with Crippen LogP contribution >= 0.6 is 11.9 Å². The largest absolute Gasteiger partial charge is 0.480 e. The summed E-state index contributed by atoms with van der Waals surface area (Å²) >= 11 is 0.883. The number of carboxylic acid groups (broad SMARTS) is 1. The first-order valence-electron chi connectivity index (χ1n) is 4.83. The number of carbonyl (C=O) groups is 2. The number of aromatic amines is 1. The number of rotatable bonds is 6. The Bertz CT molecular complexity index is 459. The van der Waals surface area contributed by atoms with Crippen LogP contribution in [-0.4, -0.2) is 45.8 Å². The van der Waals surface area contributed by atoms with Crippen molar-refractivity contribution in [1.29, 1.82) is 0 Å². The van der Waals surface area contributed by atoms with Gasteiger partial charge >= 0.3 is 5.97 Å². The van der Waals surface area contributed by atoms with Crippen molar-refractivity contribution in [2.24, 2.45) is 15.4 Å². The lowest BCUT2D eigenvalue weighted by atomic mass is 10.4. The highest BCUT2D eigenvalue weighted by Gasteiger charge is 2.13. The Morgan fingerprint density at radius 2 is 2.44 bits per heavy atom. The van der Waals surface area contributed by atoms with Crippen LogP contribution in [0.5, 0.6) is 0 Å². The fourth-order valence-electron chi connectivity index (χ4n) is 0.907. The number of hydrogen-bond donors (Lipinski definition) is 4. The highest BCUT2D eigenvalue weighted by molar-refractivity contribution is 7.97. The second kappa shape index (κ2) is 6.71. The molecule has 0 saturated heterocycles. The Morgan fingerprint density at radius 1 is 1.72 bits per heavy atom. The second-order valence-electron chi connectivity index (χ2n) is 3.10. The van der Waals surface area contributed by atoms with Crippen LogP contribution in [0.4, 0.5) is 5.82 Å². The molecule has 0 fully saturated rings. The highest BCUT2D eigenvalue weighted by Crippen LogP contribution is 2.16. The zero-order valence-electron chi connectivity index (χ0n) is 9.45. The molecule has 1 rings (SSSR count). The lowest BCUT2D eigenvalue weighted by Crippen LogP contribution is -2.32. The first-order chi connectivity index (χ1) is 8.56. The second-order valence-corrected chi connectivity index (χ2v) is 3.86. The van der Waals surface area contributed by atoms with Crippen LogP contribution in [-0.2, 0) is 4.79 Å². The van der Waals surface area contributed by atoms with Gasteiger partial charge in [-0.1, -0.05) is 0 Å². The minimum absolute atomic E-state index is 0.0819. The first-order valence-corrected chi connectivity index (χ1v) is 5.77. The molecule has 0 aliphatic rings. The van der Waals surface area contributed by atoms with Crippen molar-refractivity contribution in [2.75, 3.05) is 12.8 Å². The molecular weight excluding hydrogens is 260 g/mol. The summed E-state index contributed by atoms with van der Waals surface area (Å²) in [6, 6.07) is -1.01. The van der Waals surface area contributed by atoms with Crippen molar-refractivity contribution >= 4 is 29.6 Å². The summed E-state index contributed by atoms with van der Waals surface area (Å²) < 4.78 is 3.65. The topological polar surface area (TPSA) is 146 Å². The van der Waals surface area contributed by atoms with E-state index in [2.05, 4.69) is 24.9 Å². The third-order valence-corrected chi connectivity index (χ3v) is 2.54. The molecule has 1 aromatic rings. The van der Waals surface area contributed by atoms with Crippen LogP contribution in [0, 0.1) is 0 Å². The smallest absolute Gasteiger partial charge is 0.321 e. The Kier molecular flexibility index (Phi) is 5.27. The van der Waals surface area contributed by atoms with E-state index in [1.54, 1.807) is 0 Å². The number of nitrogens with one attached hydrogen (secondary N) is 2. The number of carboxylic acids is 1. The molecule has 0 radical (unpaired) electrons. The molecule has 5 N–H and O–H groups in total. The molecule has 0 saturated carbocycles. The summed E-state index contributed by atoms with van der Waals surface area (Å²) in [4.78, 5) is 28.2. The van der Waals surface area contributed by atoms with Gasteiger partial charge in [0.25, 0.3) is 5.91 Å². The molecule has 1 amide bonds. The predicted octanol–water partition coefficient (Wildman–Crippen LogP) is -0.0869. The van der Waals surface area contributed by atoms with Crippen LogP contribution in [0.1, 0.15) is 10.5 Å². The Labute approximate surface area is 106 Å². The lowest BCUT2D eigenvalue weighted by Gasteiger charge is -2.00. The quantitative estimate of drug-likeness (QED) is 0.420. The molecule has 0 bridgehead atoms. The van der Waals surface area contributed by atoms with Gasteiger partial charge in [-0.2, -0.15) is 0 Å². The summed E-state index contributed by atoms with van der Waals surface area (Å²) in [7, 11) is 1.48. The number of H-pyrrole nitrogens is 1. The summed E-state index contributed by atoms with van der Waals surface area (Å²) in [5.74, 6) is -1.26. The lowest BCUT2D eigenvalue weighted by molar-refractivity contribution is -0.137. The molecule has 0 aliphatic heterocycles. The van der Waals surface area contributed by atoms with E-state index >= 15 is 0 Å². The van der Waals surface area contributed by atoms with Crippen molar-refractivity contribution in [3.05, 3.63) is 12.0 Å². The van der Waals surface area contributed by atoms with Crippen molar-refractivity contribution in [3.8, 4) is 0 Å². The number of nitrogens with zero attached hydrogens (tertiary/aromatic N) is 3. The van der Waals surface area contributed by atoms with Gasteiger partial charge in [0.15, 0.2) is 5.69 Å². The summed E-state index contributed by atoms with van der Waals surface area (Å²) in [6.07, 6.45) is 1.31. The van der Waals surface area contributed by atoms with Gasteiger partial charge in [-0.15, -0.1) is 9.63 Å². The highest BCUT2D eigenvalue weighted by atomic mass is 32.2. The molecule has 1 atom stereocenters. The van der Waals surface area contributed by atoms with Crippen molar-refractivity contribution < 1.29 is 14.7 Å². The van der Waals surface area contributed by atoms with E-state index in [1.165, 1.54) is 13.4 Å². The third kappa shape index (κ3) is 3.82. The molecule has 0 aromatic carbocycles. The maximum Gasteiger partial charge on any atom is 0.321 e.